The van der Waals surface area contributed by atoms with Crippen molar-refractivity contribution in [2.24, 2.45) is 11.8 Å². The van der Waals surface area contributed by atoms with Crippen LogP contribution in [0.3, 0.4) is 0 Å². The maximum Gasteiger partial charge on any atom is 0.307 e. The number of carbonyl (C=O) groups is 1. The van der Waals surface area contributed by atoms with Gasteiger partial charge in [-0.1, -0.05) is 30.9 Å². The minimum absolute atomic E-state index is 0.166. The number of aliphatic carboxylic acids is 1. The Labute approximate surface area is 78.3 Å². The molecule has 13 heavy (non-hydrogen) atoms. The summed E-state index contributed by atoms with van der Waals surface area (Å²) in [6.45, 7) is 5.50. The summed E-state index contributed by atoms with van der Waals surface area (Å²) in [5.74, 6) is -0.629. The molecule has 0 spiro atoms. The average molecular weight is 178 g/mol. The maximum atomic E-state index is 10.6. The van der Waals surface area contributed by atoms with Crippen LogP contribution in [-0.4, -0.2) is 11.1 Å². The maximum absolute atomic E-state index is 10.6. The van der Waals surface area contributed by atoms with Crippen LogP contribution < -0.4 is 0 Å². The third-order valence-corrected chi connectivity index (χ3v) is 2.29. The molecule has 1 rings (SSSR count). The highest BCUT2D eigenvalue weighted by atomic mass is 16.4. The quantitative estimate of drug-likeness (QED) is 0.671. The molecule has 0 aromatic heterocycles. The van der Waals surface area contributed by atoms with Gasteiger partial charge in [0.05, 0.1) is 5.92 Å². The van der Waals surface area contributed by atoms with Gasteiger partial charge >= 0.3 is 5.97 Å². The van der Waals surface area contributed by atoms with Crippen LogP contribution in [0.5, 0.6) is 0 Å². The van der Waals surface area contributed by atoms with Crippen molar-refractivity contribution in [3.63, 3.8) is 0 Å². The molecule has 1 saturated carbocycles. The van der Waals surface area contributed by atoms with Crippen LogP contribution in [0, 0.1) is 11.8 Å². The highest BCUT2D eigenvalue weighted by Crippen LogP contribution is 2.44. The van der Waals surface area contributed by atoms with Gasteiger partial charge in [0, 0.05) is 0 Å². The Morgan fingerprint density at radius 1 is 1.54 bits per heavy atom. The fourth-order valence-electron chi connectivity index (χ4n) is 1.45. The van der Waals surface area contributed by atoms with Gasteiger partial charge in [0.15, 0.2) is 0 Å². The zero-order valence-electron chi connectivity index (χ0n) is 7.73. The van der Waals surface area contributed by atoms with Crippen molar-refractivity contribution < 1.29 is 9.90 Å². The second-order valence-corrected chi connectivity index (χ2v) is 3.17. The number of rotatable bonds is 4. The molecule has 70 valence electrons. The first-order valence-corrected chi connectivity index (χ1v) is 4.38. The molecule has 0 heterocycles. The molecule has 0 aliphatic heterocycles. The number of hydrogen-bond acceptors (Lipinski definition) is 1. The van der Waals surface area contributed by atoms with Gasteiger partial charge in [0.1, 0.15) is 0 Å². The summed E-state index contributed by atoms with van der Waals surface area (Å²) in [5.41, 5.74) is 1.10. The van der Waals surface area contributed by atoms with Crippen molar-refractivity contribution in [3.05, 3.63) is 36.5 Å². The monoisotopic (exact) mass is 178 g/mol. The van der Waals surface area contributed by atoms with E-state index in [0.717, 1.165) is 12.0 Å². The van der Waals surface area contributed by atoms with E-state index in [1.807, 2.05) is 25.2 Å². The van der Waals surface area contributed by atoms with Crippen molar-refractivity contribution in [2.45, 2.75) is 13.3 Å². The normalized spacial score (nSPS) is 27.6. The number of carboxylic acids is 1. The van der Waals surface area contributed by atoms with Crippen molar-refractivity contribution in [1.82, 2.24) is 0 Å². The number of allylic oxidation sites excluding steroid dienone is 5. The van der Waals surface area contributed by atoms with Gasteiger partial charge in [-0.25, -0.2) is 0 Å². The second kappa shape index (κ2) is 4.08. The fourth-order valence-corrected chi connectivity index (χ4v) is 1.45. The Morgan fingerprint density at radius 3 is 2.62 bits per heavy atom. The van der Waals surface area contributed by atoms with Gasteiger partial charge in [-0.05, 0) is 24.8 Å². The van der Waals surface area contributed by atoms with Crippen LogP contribution >= 0.6 is 0 Å². The summed E-state index contributed by atoms with van der Waals surface area (Å²) in [6, 6.07) is 0. The molecule has 2 unspecified atom stereocenters. The van der Waals surface area contributed by atoms with Crippen molar-refractivity contribution in [3.8, 4) is 0 Å². The molecule has 0 aromatic rings. The third-order valence-electron chi connectivity index (χ3n) is 2.29. The predicted octanol–water partition coefficient (Wildman–Crippen LogP) is 2.40. The summed E-state index contributed by atoms with van der Waals surface area (Å²) in [5, 5.41) is 8.72. The van der Waals surface area contributed by atoms with E-state index in [2.05, 4.69) is 6.58 Å². The second-order valence-electron chi connectivity index (χ2n) is 3.17. The summed E-state index contributed by atoms with van der Waals surface area (Å²) in [7, 11) is 0. The molecular formula is C11H14O2. The molecule has 0 amide bonds. The van der Waals surface area contributed by atoms with Gasteiger partial charge in [0.25, 0.3) is 0 Å². The van der Waals surface area contributed by atoms with Crippen LogP contribution in [0.15, 0.2) is 36.5 Å². The SMILES string of the molecule is C=C/C=C\C(=C/C)C1CC1C(=O)O. The van der Waals surface area contributed by atoms with Gasteiger partial charge in [0.2, 0.25) is 0 Å². The molecule has 0 saturated heterocycles. The first-order valence-electron chi connectivity index (χ1n) is 4.38. The smallest absolute Gasteiger partial charge is 0.307 e. The number of carboxylic acid groups (broad SMARTS) is 1. The molecule has 1 aliphatic rings. The van der Waals surface area contributed by atoms with E-state index in [4.69, 9.17) is 5.11 Å². The fraction of sp³-hybridized carbons (Fsp3) is 0.364. The topological polar surface area (TPSA) is 37.3 Å². The molecule has 1 aliphatic carbocycles. The van der Waals surface area contributed by atoms with E-state index in [1.54, 1.807) is 6.08 Å². The van der Waals surface area contributed by atoms with Crippen LogP contribution in [0.25, 0.3) is 0 Å². The minimum Gasteiger partial charge on any atom is -0.481 e. The first-order chi connectivity index (χ1) is 6.20. The molecule has 0 bridgehead atoms. The molecule has 2 nitrogen and oxygen atoms in total. The average Bonchev–Trinajstić information content (AvgIpc) is 2.86. The van der Waals surface area contributed by atoms with E-state index in [1.165, 1.54) is 0 Å². The highest BCUT2D eigenvalue weighted by Gasteiger charge is 2.44. The van der Waals surface area contributed by atoms with Crippen molar-refractivity contribution in [2.75, 3.05) is 0 Å². The van der Waals surface area contributed by atoms with E-state index in [0.29, 0.717) is 0 Å². The first kappa shape index (κ1) is 9.78. The molecule has 2 heteroatoms. The Morgan fingerprint density at radius 2 is 2.23 bits per heavy atom. The lowest BCUT2D eigenvalue weighted by Gasteiger charge is -1.96. The van der Waals surface area contributed by atoms with Crippen LogP contribution in [0.1, 0.15) is 13.3 Å². The molecule has 1 fully saturated rings. The zero-order chi connectivity index (χ0) is 9.84. The van der Waals surface area contributed by atoms with E-state index < -0.39 is 5.97 Å². The van der Waals surface area contributed by atoms with Crippen LogP contribution in [0.4, 0.5) is 0 Å². The van der Waals surface area contributed by atoms with Crippen molar-refractivity contribution >= 4 is 5.97 Å². The summed E-state index contributed by atoms with van der Waals surface area (Å²) < 4.78 is 0. The van der Waals surface area contributed by atoms with Crippen molar-refractivity contribution in [1.29, 1.82) is 0 Å². The Kier molecular flexibility index (Phi) is 3.07. The van der Waals surface area contributed by atoms with Gasteiger partial charge in [-0.2, -0.15) is 0 Å². The molecule has 0 aromatic carbocycles. The van der Waals surface area contributed by atoms with Crippen LogP contribution in [0.2, 0.25) is 0 Å². The lowest BCUT2D eigenvalue weighted by molar-refractivity contribution is -0.138. The highest BCUT2D eigenvalue weighted by molar-refractivity contribution is 5.74. The molecule has 0 radical (unpaired) electrons. The molecular weight excluding hydrogens is 164 g/mol. The van der Waals surface area contributed by atoms with E-state index in [-0.39, 0.29) is 11.8 Å². The predicted molar refractivity (Wildman–Crippen MR) is 52.3 cm³/mol. The summed E-state index contributed by atoms with van der Waals surface area (Å²) >= 11 is 0. The van der Waals surface area contributed by atoms with E-state index >= 15 is 0 Å². The van der Waals surface area contributed by atoms with Gasteiger partial charge in [-0.15, -0.1) is 0 Å². The van der Waals surface area contributed by atoms with Gasteiger partial charge < -0.3 is 5.11 Å². The Bertz CT molecular complexity index is 274. The van der Waals surface area contributed by atoms with Crippen LogP contribution in [-0.2, 0) is 4.79 Å². The molecule has 1 N–H and O–H groups in total. The number of hydrogen-bond donors (Lipinski definition) is 1. The van der Waals surface area contributed by atoms with Gasteiger partial charge in [-0.3, -0.25) is 4.79 Å². The lowest BCUT2D eigenvalue weighted by Crippen LogP contribution is -2.00. The Hall–Kier alpha value is -1.31. The van der Waals surface area contributed by atoms with E-state index in [9.17, 15) is 4.79 Å². The Balaban J connectivity index is 2.57. The minimum atomic E-state index is -0.684. The third kappa shape index (κ3) is 2.31. The zero-order valence-corrected chi connectivity index (χ0v) is 7.73. The standard InChI is InChI=1S/C11H14O2/c1-3-5-6-8(4-2)9-7-10(9)11(12)13/h3-6,9-10H,1,7H2,2H3,(H,12,13)/b6-5-,8-4+. The lowest BCUT2D eigenvalue weighted by atomic mass is 10.1. The summed E-state index contributed by atoms with van der Waals surface area (Å²) in [4.78, 5) is 10.6. The summed E-state index contributed by atoms with van der Waals surface area (Å²) in [6.07, 6.45) is 8.21. The largest absolute Gasteiger partial charge is 0.481 e. The molecule has 2 atom stereocenters.